The van der Waals surface area contributed by atoms with Crippen LogP contribution in [0.5, 0.6) is 0 Å². The molecular formula is C11H23N3O3. The van der Waals surface area contributed by atoms with Gasteiger partial charge in [0.2, 0.25) is 0 Å². The number of likely N-dealkylation sites (tertiary alicyclic amines) is 1. The first-order valence-corrected chi connectivity index (χ1v) is 5.78. The van der Waals surface area contributed by atoms with Gasteiger partial charge in [-0.2, -0.15) is 0 Å². The van der Waals surface area contributed by atoms with E-state index in [-0.39, 0.29) is 12.1 Å². The minimum atomic E-state index is -0.565. The normalized spacial score (nSPS) is 25.5. The van der Waals surface area contributed by atoms with Crippen molar-refractivity contribution in [3.8, 4) is 0 Å². The summed E-state index contributed by atoms with van der Waals surface area (Å²) in [6.07, 6.45) is -0.940. The van der Waals surface area contributed by atoms with Gasteiger partial charge in [-0.3, -0.25) is 5.01 Å². The number of carbonyl (C=O) groups is 1. The van der Waals surface area contributed by atoms with Gasteiger partial charge in [-0.1, -0.05) is 0 Å². The number of aliphatic hydroxyl groups excluding tert-OH is 1. The summed E-state index contributed by atoms with van der Waals surface area (Å²) < 4.78 is 5.26. The van der Waals surface area contributed by atoms with Crippen LogP contribution in [0.2, 0.25) is 0 Å². The molecule has 1 fully saturated rings. The second kappa shape index (κ2) is 5.20. The van der Waals surface area contributed by atoms with Crippen LogP contribution in [0.3, 0.4) is 0 Å². The molecule has 0 radical (unpaired) electrons. The number of nitrogens with one attached hydrogen (secondary N) is 1. The topological polar surface area (TPSA) is 65.0 Å². The molecule has 0 aromatic rings. The average Bonchev–Trinajstić information content (AvgIpc) is 2.44. The van der Waals surface area contributed by atoms with Gasteiger partial charge in [0.1, 0.15) is 5.60 Å². The molecule has 2 N–H and O–H groups in total. The number of ether oxygens (including phenoxy) is 1. The fraction of sp³-hybridized carbons (Fsp3) is 0.909. The van der Waals surface area contributed by atoms with Crippen molar-refractivity contribution in [3.63, 3.8) is 0 Å². The SMILES string of the molecule is CN(C)NC1CN(C(=O)OC(C)(C)C)CC1O. The number of hydrogen-bond acceptors (Lipinski definition) is 5. The first-order valence-electron chi connectivity index (χ1n) is 5.78. The predicted molar refractivity (Wildman–Crippen MR) is 64.4 cm³/mol. The lowest BCUT2D eigenvalue weighted by Gasteiger charge is -2.24. The number of hydrazine groups is 1. The van der Waals surface area contributed by atoms with Gasteiger partial charge in [-0.25, -0.2) is 10.2 Å². The largest absolute Gasteiger partial charge is 0.444 e. The second-order valence-electron chi connectivity index (χ2n) is 5.58. The average molecular weight is 245 g/mol. The summed E-state index contributed by atoms with van der Waals surface area (Å²) in [5.41, 5.74) is 2.57. The minimum Gasteiger partial charge on any atom is -0.444 e. The van der Waals surface area contributed by atoms with Crippen molar-refractivity contribution in [2.75, 3.05) is 27.2 Å². The van der Waals surface area contributed by atoms with Gasteiger partial charge in [-0.15, -0.1) is 0 Å². The smallest absolute Gasteiger partial charge is 0.410 e. The zero-order chi connectivity index (χ0) is 13.2. The third-order valence-corrected chi connectivity index (χ3v) is 2.36. The van der Waals surface area contributed by atoms with Gasteiger partial charge in [0, 0.05) is 20.6 Å². The van der Waals surface area contributed by atoms with E-state index in [0.29, 0.717) is 13.1 Å². The molecular weight excluding hydrogens is 222 g/mol. The second-order valence-corrected chi connectivity index (χ2v) is 5.58. The highest BCUT2D eigenvalue weighted by atomic mass is 16.6. The van der Waals surface area contributed by atoms with Crippen molar-refractivity contribution < 1.29 is 14.6 Å². The van der Waals surface area contributed by atoms with E-state index >= 15 is 0 Å². The highest BCUT2D eigenvalue weighted by molar-refractivity contribution is 5.68. The number of amides is 1. The zero-order valence-electron chi connectivity index (χ0n) is 11.2. The summed E-state index contributed by atoms with van der Waals surface area (Å²) in [6.45, 7) is 6.24. The lowest BCUT2D eigenvalue weighted by molar-refractivity contribution is 0.0269. The Labute approximate surface area is 102 Å². The van der Waals surface area contributed by atoms with Crippen LogP contribution in [0.25, 0.3) is 0 Å². The fourth-order valence-electron chi connectivity index (χ4n) is 1.72. The molecule has 2 unspecified atom stereocenters. The number of aliphatic hydroxyl groups is 1. The molecule has 1 amide bonds. The maximum atomic E-state index is 11.8. The molecule has 0 aliphatic carbocycles. The van der Waals surface area contributed by atoms with Gasteiger partial charge in [0.05, 0.1) is 18.7 Å². The van der Waals surface area contributed by atoms with Crippen molar-refractivity contribution >= 4 is 6.09 Å². The highest BCUT2D eigenvalue weighted by Gasteiger charge is 2.36. The Hall–Kier alpha value is -0.850. The summed E-state index contributed by atoms with van der Waals surface area (Å²) in [5.74, 6) is 0. The van der Waals surface area contributed by atoms with E-state index in [0.717, 1.165) is 0 Å². The van der Waals surface area contributed by atoms with E-state index in [1.54, 1.807) is 5.01 Å². The summed E-state index contributed by atoms with van der Waals surface area (Å²) in [6, 6.07) is -0.141. The maximum Gasteiger partial charge on any atom is 0.410 e. The molecule has 1 heterocycles. The van der Waals surface area contributed by atoms with Gasteiger partial charge in [-0.05, 0) is 20.8 Å². The van der Waals surface area contributed by atoms with E-state index in [4.69, 9.17) is 4.74 Å². The number of hydrogen-bond donors (Lipinski definition) is 2. The van der Waals surface area contributed by atoms with Crippen molar-refractivity contribution in [1.82, 2.24) is 15.3 Å². The summed E-state index contributed by atoms with van der Waals surface area (Å²) >= 11 is 0. The number of nitrogens with zero attached hydrogens (tertiary/aromatic N) is 2. The van der Waals surface area contributed by atoms with Gasteiger partial charge in [0.25, 0.3) is 0 Å². The van der Waals surface area contributed by atoms with Crippen LogP contribution in [0, 0.1) is 0 Å². The number of β-amino-alcohol motifs (C(OH)–C–C–N with tert-alkyl or cyclic N) is 1. The Morgan fingerprint density at radius 1 is 1.41 bits per heavy atom. The molecule has 1 aliphatic heterocycles. The van der Waals surface area contributed by atoms with Crippen molar-refractivity contribution in [3.05, 3.63) is 0 Å². The van der Waals surface area contributed by atoms with E-state index in [2.05, 4.69) is 5.43 Å². The van der Waals surface area contributed by atoms with Crippen molar-refractivity contribution in [2.45, 2.75) is 38.5 Å². The Kier molecular flexibility index (Phi) is 4.35. The van der Waals surface area contributed by atoms with Gasteiger partial charge < -0.3 is 14.7 Å². The van der Waals surface area contributed by atoms with Crippen LogP contribution >= 0.6 is 0 Å². The maximum absolute atomic E-state index is 11.8. The van der Waals surface area contributed by atoms with Gasteiger partial charge in [0.15, 0.2) is 0 Å². The predicted octanol–water partition coefficient (Wildman–Crippen LogP) is 0.0328. The standard InChI is InChI=1S/C11H23N3O3/c1-11(2,3)17-10(16)14-6-8(9(15)7-14)12-13(4)5/h8-9,12,15H,6-7H2,1-5H3. The number of carbonyl (C=O) groups excluding carboxylic acids is 1. The molecule has 0 saturated carbocycles. The third kappa shape index (κ3) is 4.49. The molecule has 1 aliphatic rings. The van der Waals surface area contributed by atoms with Crippen molar-refractivity contribution in [2.24, 2.45) is 0 Å². The first kappa shape index (κ1) is 14.2. The highest BCUT2D eigenvalue weighted by Crippen LogP contribution is 2.15. The molecule has 2 atom stereocenters. The minimum absolute atomic E-state index is 0.141. The van der Waals surface area contributed by atoms with Crippen LogP contribution in [-0.2, 0) is 4.74 Å². The Balaban J connectivity index is 2.51. The van der Waals surface area contributed by atoms with Crippen LogP contribution < -0.4 is 5.43 Å². The quantitative estimate of drug-likeness (QED) is 0.672. The Morgan fingerprint density at radius 3 is 2.47 bits per heavy atom. The number of rotatable bonds is 2. The molecule has 6 nitrogen and oxygen atoms in total. The molecule has 0 aromatic carbocycles. The van der Waals surface area contributed by atoms with E-state index < -0.39 is 11.7 Å². The molecule has 17 heavy (non-hydrogen) atoms. The van der Waals surface area contributed by atoms with E-state index in [1.165, 1.54) is 4.90 Å². The molecule has 100 valence electrons. The van der Waals surface area contributed by atoms with E-state index in [9.17, 15) is 9.90 Å². The summed E-state index contributed by atoms with van der Waals surface area (Å²) in [5, 5.41) is 11.6. The molecule has 1 rings (SSSR count). The summed E-state index contributed by atoms with van der Waals surface area (Å²) in [4.78, 5) is 13.3. The molecule has 6 heteroatoms. The lowest BCUT2D eigenvalue weighted by atomic mass is 10.2. The van der Waals surface area contributed by atoms with Crippen LogP contribution in [0.4, 0.5) is 4.79 Å². The molecule has 0 aromatic heterocycles. The molecule has 0 spiro atoms. The van der Waals surface area contributed by atoms with E-state index in [1.807, 2.05) is 34.9 Å². The fourth-order valence-corrected chi connectivity index (χ4v) is 1.72. The lowest BCUT2D eigenvalue weighted by Crippen LogP contribution is -2.46. The Bertz CT molecular complexity index is 276. The van der Waals surface area contributed by atoms with Crippen LogP contribution in [0.1, 0.15) is 20.8 Å². The molecule has 0 bridgehead atoms. The Morgan fingerprint density at radius 2 is 2.00 bits per heavy atom. The summed E-state index contributed by atoms with van der Waals surface area (Å²) in [7, 11) is 3.70. The van der Waals surface area contributed by atoms with Crippen LogP contribution in [-0.4, -0.2) is 66.0 Å². The monoisotopic (exact) mass is 245 g/mol. The first-order chi connectivity index (χ1) is 7.69. The molecule has 1 saturated heterocycles. The van der Waals surface area contributed by atoms with Gasteiger partial charge >= 0.3 is 6.09 Å². The third-order valence-electron chi connectivity index (χ3n) is 2.36. The van der Waals surface area contributed by atoms with Crippen molar-refractivity contribution in [1.29, 1.82) is 0 Å². The van der Waals surface area contributed by atoms with Crippen LogP contribution in [0.15, 0.2) is 0 Å². The zero-order valence-corrected chi connectivity index (χ0v) is 11.2.